The highest BCUT2D eigenvalue weighted by Crippen LogP contribution is 2.28. The van der Waals surface area contributed by atoms with E-state index in [1.54, 1.807) is 14.0 Å². The Balaban J connectivity index is 3.32. The second kappa shape index (κ2) is 3.73. The fourth-order valence-corrected chi connectivity index (χ4v) is 1.41. The van der Waals surface area contributed by atoms with Crippen LogP contribution in [0.4, 0.5) is 4.39 Å². The van der Waals surface area contributed by atoms with Crippen LogP contribution in [0.2, 0.25) is 0 Å². The molecule has 0 saturated heterocycles. The maximum absolute atomic E-state index is 13.1. The van der Waals surface area contributed by atoms with Crippen molar-refractivity contribution in [1.29, 1.82) is 0 Å². The summed E-state index contributed by atoms with van der Waals surface area (Å²) in [6.45, 7) is 5.73. The Bertz CT molecular complexity index is 310. The fraction of sp³-hybridized carbons (Fsp3) is 0.500. The van der Waals surface area contributed by atoms with Gasteiger partial charge in [-0.15, -0.1) is 0 Å². The van der Waals surface area contributed by atoms with Gasteiger partial charge in [0, 0.05) is 5.56 Å². The van der Waals surface area contributed by atoms with E-state index in [9.17, 15) is 4.39 Å². The lowest BCUT2D eigenvalue weighted by Gasteiger charge is -2.13. The average Bonchev–Trinajstić information content (AvgIpc) is 2.08. The minimum atomic E-state index is -0.274. The lowest BCUT2D eigenvalue weighted by Crippen LogP contribution is -2.02. The maximum atomic E-state index is 13.1. The lowest BCUT2D eigenvalue weighted by atomic mass is 9.99. The number of pyridine rings is 1. The minimum absolute atomic E-state index is 0.221. The maximum Gasteiger partial charge on any atom is 0.216 e. The second-order valence-electron chi connectivity index (χ2n) is 3.31. The van der Waals surface area contributed by atoms with E-state index in [1.807, 2.05) is 13.8 Å². The Kier molecular flexibility index (Phi) is 2.86. The van der Waals surface area contributed by atoms with Gasteiger partial charge in [0.2, 0.25) is 5.88 Å². The van der Waals surface area contributed by atoms with Crippen LogP contribution >= 0.6 is 0 Å². The first-order chi connectivity index (χ1) is 6.07. The van der Waals surface area contributed by atoms with Gasteiger partial charge in [0.1, 0.15) is 5.82 Å². The molecule has 0 unspecified atom stereocenters. The molecular formula is C10H14FNO. The molecule has 0 spiro atoms. The number of hydrogen-bond donors (Lipinski definition) is 0. The number of hydrogen-bond acceptors (Lipinski definition) is 2. The topological polar surface area (TPSA) is 22.1 Å². The van der Waals surface area contributed by atoms with Gasteiger partial charge in [-0.05, 0) is 18.4 Å². The van der Waals surface area contributed by atoms with E-state index < -0.39 is 0 Å². The largest absolute Gasteiger partial charge is 0.481 e. The normalized spacial score (nSPS) is 10.6. The quantitative estimate of drug-likeness (QED) is 0.703. The molecule has 1 heterocycles. The number of nitrogens with zero attached hydrogens (tertiary/aromatic N) is 1. The summed E-state index contributed by atoms with van der Waals surface area (Å²) >= 11 is 0. The van der Waals surface area contributed by atoms with Crippen molar-refractivity contribution in [2.24, 2.45) is 0 Å². The molecule has 0 N–H and O–H groups in total. The highest BCUT2D eigenvalue weighted by atomic mass is 19.1. The van der Waals surface area contributed by atoms with E-state index in [0.717, 1.165) is 5.56 Å². The SMILES string of the molecule is COc1ncc(F)c(C)c1C(C)C. The van der Waals surface area contributed by atoms with Crippen LogP contribution in [0.5, 0.6) is 5.88 Å². The summed E-state index contributed by atoms with van der Waals surface area (Å²) in [6.07, 6.45) is 1.19. The summed E-state index contributed by atoms with van der Waals surface area (Å²) in [4.78, 5) is 3.88. The predicted molar refractivity (Wildman–Crippen MR) is 49.6 cm³/mol. The molecule has 0 atom stereocenters. The molecule has 2 nitrogen and oxygen atoms in total. The van der Waals surface area contributed by atoms with Gasteiger partial charge in [-0.25, -0.2) is 9.37 Å². The molecule has 0 saturated carbocycles. The van der Waals surface area contributed by atoms with Gasteiger partial charge in [-0.2, -0.15) is 0 Å². The summed E-state index contributed by atoms with van der Waals surface area (Å²) in [5.74, 6) is 0.469. The molecule has 0 aromatic carbocycles. The first kappa shape index (κ1) is 9.96. The fourth-order valence-electron chi connectivity index (χ4n) is 1.41. The summed E-state index contributed by atoms with van der Waals surface area (Å²) < 4.78 is 18.2. The first-order valence-electron chi connectivity index (χ1n) is 4.27. The van der Waals surface area contributed by atoms with Crippen LogP contribution in [0.3, 0.4) is 0 Å². The van der Waals surface area contributed by atoms with E-state index in [-0.39, 0.29) is 11.7 Å². The van der Waals surface area contributed by atoms with Gasteiger partial charge in [0.05, 0.1) is 13.3 Å². The van der Waals surface area contributed by atoms with Crippen LogP contribution in [0.25, 0.3) is 0 Å². The van der Waals surface area contributed by atoms with E-state index in [2.05, 4.69) is 4.98 Å². The van der Waals surface area contributed by atoms with E-state index in [0.29, 0.717) is 11.4 Å². The van der Waals surface area contributed by atoms with Crippen LogP contribution in [-0.2, 0) is 0 Å². The molecule has 0 aliphatic heterocycles. The zero-order valence-corrected chi connectivity index (χ0v) is 8.39. The molecule has 0 aliphatic rings. The van der Waals surface area contributed by atoms with Crippen LogP contribution in [0.15, 0.2) is 6.20 Å². The summed E-state index contributed by atoms with van der Waals surface area (Å²) in [6, 6.07) is 0. The Morgan fingerprint density at radius 3 is 2.54 bits per heavy atom. The molecule has 72 valence electrons. The number of halogens is 1. The Labute approximate surface area is 77.8 Å². The molecule has 0 fully saturated rings. The first-order valence-corrected chi connectivity index (χ1v) is 4.27. The van der Waals surface area contributed by atoms with Crippen LogP contribution in [-0.4, -0.2) is 12.1 Å². The van der Waals surface area contributed by atoms with E-state index >= 15 is 0 Å². The smallest absolute Gasteiger partial charge is 0.216 e. The molecule has 1 aromatic rings. The van der Waals surface area contributed by atoms with Crippen molar-refractivity contribution in [3.8, 4) is 5.88 Å². The van der Waals surface area contributed by atoms with Gasteiger partial charge >= 0.3 is 0 Å². The zero-order chi connectivity index (χ0) is 10.0. The second-order valence-corrected chi connectivity index (χ2v) is 3.31. The molecule has 0 radical (unpaired) electrons. The van der Waals surface area contributed by atoms with Crippen molar-refractivity contribution < 1.29 is 9.13 Å². The molecule has 3 heteroatoms. The van der Waals surface area contributed by atoms with Crippen molar-refractivity contribution in [3.05, 3.63) is 23.1 Å². The van der Waals surface area contributed by atoms with E-state index in [1.165, 1.54) is 6.20 Å². The number of aromatic nitrogens is 1. The van der Waals surface area contributed by atoms with Crippen LogP contribution in [0, 0.1) is 12.7 Å². The Morgan fingerprint density at radius 1 is 1.46 bits per heavy atom. The van der Waals surface area contributed by atoms with Crippen molar-refractivity contribution in [2.45, 2.75) is 26.7 Å². The molecule has 0 aliphatic carbocycles. The van der Waals surface area contributed by atoms with Crippen molar-refractivity contribution in [1.82, 2.24) is 4.98 Å². The highest BCUT2D eigenvalue weighted by molar-refractivity contribution is 5.36. The lowest BCUT2D eigenvalue weighted by molar-refractivity contribution is 0.387. The molecule has 1 rings (SSSR count). The Morgan fingerprint density at radius 2 is 2.08 bits per heavy atom. The van der Waals surface area contributed by atoms with Gasteiger partial charge < -0.3 is 4.74 Å². The summed E-state index contributed by atoms with van der Waals surface area (Å²) in [5.41, 5.74) is 1.48. The number of ether oxygens (including phenoxy) is 1. The van der Waals surface area contributed by atoms with E-state index in [4.69, 9.17) is 4.74 Å². The predicted octanol–water partition coefficient (Wildman–Crippen LogP) is 2.66. The molecule has 13 heavy (non-hydrogen) atoms. The van der Waals surface area contributed by atoms with Gasteiger partial charge in [-0.3, -0.25) is 0 Å². The third-order valence-corrected chi connectivity index (χ3v) is 2.06. The van der Waals surface area contributed by atoms with Gasteiger partial charge in [-0.1, -0.05) is 13.8 Å². The van der Waals surface area contributed by atoms with Crippen LogP contribution in [0.1, 0.15) is 30.9 Å². The molecule has 0 bridgehead atoms. The van der Waals surface area contributed by atoms with Gasteiger partial charge in [0.25, 0.3) is 0 Å². The third-order valence-electron chi connectivity index (χ3n) is 2.06. The standard InChI is InChI=1S/C10H14FNO/c1-6(2)9-7(3)8(11)5-12-10(9)13-4/h5-6H,1-4H3. The van der Waals surface area contributed by atoms with Crippen molar-refractivity contribution in [2.75, 3.05) is 7.11 Å². The molecular weight excluding hydrogens is 169 g/mol. The minimum Gasteiger partial charge on any atom is -0.481 e. The Hall–Kier alpha value is -1.12. The third kappa shape index (κ3) is 1.79. The average molecular weight is 183 g/mol. The molecule has 0 amide bonds. The summed E-state index contributed by atoms with van der Waals surface area (Å²) in [7, 11) is 1.55. The summed E-state index contributed by atoms with van der Waals surface area (Å²) in [5, 5.41) is 0. The number of rotatable bonds is 2. The monoisotopic (exact) mass is 183 g/mol. The van der Waals surface area contributed by atoms with Gasteiger partial charge in [0.15, 0.2) is 0 Å². The number of methoxy groups -OCH3 is 1. The van der Waals surface area contributed by atoms with Crippen LogP contribution < -0.4 is 4.74 Å². The highest BCUT2D eigenvalue weighted by Gasteiger charge is 2.14. The van der Waals surface area contributed by atoms with Crippen molar-refractivity contribution >= 4 is 0 Å². The zero-order valence-electron chi connectivity index (χ0n) is 8.39. The van der Waals surface area contributed by atoms with Crippen molar-refractivity contribution in [3.63, 3.8) is 0 Å². The molecule has 1 aromatic heterocycles.